The molecular formula is C29H30N2O6S. The summed E-state index contributed by atoms with van der Waals surface area (Å²) in [5, 5.41) is 0. The van der Waals surface area contributed by atoms with E-state index in [1.54, 1.807) is 42.7 Å². The number of nitrogens with zero attached hydrogens (tertiary/aromatic N) is 2. The van der Waals surface area contributed by atoms with Crippen molar-refractivity contribution in [3.63, 3.8) is 0 Å². The van der Waals surface area contributed by atoms with Crippen LogP contribution in [0.25, 0.3) is 6.08 Å². The zero-order valence-corrected chi connectivity index (χ0v) is 22.8. The summed E-state index contributed by atoms with van der Waals surface area (Å²) in [4.78, 5) is 43.3. The van der Waals surface area contributed by atoms with Crippen LogP contribution < -0.4 is 19.6 Å². The number of benzene rings is 2. The molecule has 1 atom stereocenters. The second kappa shape index (κ2) is 11.6. The number of aromatic nitrogens is 1. The molecule has 8 nitrogen and oxygen atoms in total. The summed E-state index contributed by atoms with van der Waals surface area (Å²) in [6.45, 7) is 7.74. The molecule has 0 aliphatic carbocycles. The van der Waals surface area contributed by atoms with Gasteiger partial charge < -0.3 is 14.2 Å². The average Bonchev–Trinajstić information content (AvgIpc) is 3.20. The van der Waals surface area contributed by atoms with Crippen LogP contribution in [0.1, 0.15) is 56.3 Å². The van der Waals surface area contributed by atoms with Crippen molar-refractivity contribution >= 4 is 29.4 Å². The number of fused-ring (bicyclic) bond motifs is 1. The Morgan fingerprint density at radius 1 is 1.16 bits per heavy atom. The van der Waals surface area contributed by atoms with Gasteiger partial charge in [0.05, 0.1) is 35.6 Å². The number of allylic oxidation sites excluding steroid dienone is 1. The zero-order chi connectivity index (χ0) is 27.4. The van der Waals surface area contributed by atoms with Crippen LogP contribution in [0.5, 0.6) is 5.75 Å². The van der Waals surface area contributed by atoms with E-state index < -0.39 is 18.0 Å². The first kappa shape index (κ1) is 27.1. The molecule has 1 aliphatic rings. The monoisotopic (exact) mass is 534 g/mol. The molecule has 0 bridgehead atoms. The first-order valence-corrected chi connectivity index (χ1v) is 13.1. The third-order valence-corrected chi connectivity index (χ3v) is 7.16. The van der Waals surface area contributed by atoms with Crippen molar-refractivity contribution in [1.82, 2.24) is 4.57 Å². The van der Waals surface area contributed by atoms with Gasteiger partial charge in [-0.1, -0.05) is 61.6 Å². The highest BCUT2D eigenvalue weighted by atomic mass is 32.1. The quantitative estimate of drug-likeness (QED) is 0.411. The number of hydrogen-bond acceptors (Lipinski definition) is 8. The highest BCUT2D eigenvalue weighted by molar-refractivity contribution is 7.07. The molecule has 0 amide bonds. The fourth-order valence-corrected chi connectivity index (χ4v) is 5.26. The predicted octanol–water partition coefficient (Wildman–Crippen LogP) is 3.47. The molecule has 0 saturated heterocycles. The molecule has 1 aliphatic heterocycles. The van der Waals surface area contributed by atoms with Crippen LogP contribution in [-0.4, -0.2) is 36.8 Å². The Balaban J connectivity index is 1.82. The standard InChI is InChI=1S/C29H30N2O6S/c1-6-36-28(34)25-18(4)30-29-31(26(25)21-12-10-20(11-13-21)17(2)3)27(33)23(38-29)15-19-8-7-9-22(14-19)37-16-24(32)35-5/h7-15,17,26H,6,16H2,1-5H3. The summed E-state index contributed by atoms with van der Waals surface area (Å²) < 4.78 is 17.5. The summed E-state index contributed by atoms with van der Waals surface area (Å²) in [7, 11) is 1.29. The van der Waals surface area contributed by atoms with Crippen LogP contribution in [0.4, 0.5) is 0 Å². The van der Waals surface area contributed by atoms with Crippen LogP contribution in [0.2, 0.25) is 0 Å². The Labute approximate surface area is 224 Å². The lowest BCUT2D eigenvalue weighted by molar-refractivity contribution is -0.143. The molecule has 0 saturated carbocycles. The highest BCUT2D eigenvalue weighted by Crippen LogP contribution is 2.31. The fraction of sp³-hybridized carbons (Fsp3) is 0.310. The Bertz CT molecular complexity index is 1560. The molecule has 2 aromatic carbocycles. The fourth-order valence-electron chi connectivity index (χ4n) is 4.22. The van der Waals surface area contributed by atoms with E-state index in [4.69, 9.17) is 9.47 Å². The molecule has 0 radical (unpaired) electrons. The third-order valence-electron chi connectivity index (χ3n) is 6.18. The molecule has 38 heavy (non-hydrogen) atoms. The first-order chi connectivity index (χ1) is 18.2. The lowest BCUT2D eigenvalue weighted by Gasteiger charge is -2.25. The molecule has 9 heteroatoms. The maximum absolute atomic E-state index is 13.8. The molecule has 3 aromatic rings. The SMILES string of the molecule is CCOC(=O)C1=C(C)N=c2sc(=Cc3cccc(OCC(=O)OC)c3)c(=O)n2C1c1ccc(C(C)C)cc1. The van der Waals surface area contributed by atoms with Crippen LogP contribution in [-0.2, 0) is 19.1 Å². The minimum atomic E-state index is -0.664. The lowest BCUT2D eigenvalue weighted by Crippen LogP contribution is -2.39. The van der Waals surface area contributed by atoms with E-state index in [9.17, 15) is 14.4 Å². The van der Waals surface area contributed by atoms with Gasteiger partial charge in [0.1, 0.15) is 5.75 Å². The Morgan fingerprint density at radius 3 is 2.55 bits per heavy atom. The number of thiazole rings is 1. The number of carbonyl (C=O) groups is 2. The van der Waals surface area contributed by atoms with E-state index in [2.05, 4.69) is 23.6 Å². The van der Waals surface area contributed by atoms with E-state index in [1.807, 2.05) is 30.3 Å². The number of ether oxygens (including phenoxy) is 3. The van der Waals surface area contributed by atoms with Crippen LogP contribution in [0.15, 0.2) is 69.6 Å². The summed E-state index contributed by atoms with van der Waals surface area (Å²) in [5.41, 5.74) is 3.29. The molecule has 1 aromatic heterocycles. The molecule has 0 fully saturated rings. The van der Waals surface area contributed by atoms with E-state index in [1.165, 1.54) is 18.4 Å². The van der Waals surface area contributed by atoms with Gasteiger partial charge in [-0.15, -0.1) is 0 Å². The maximum atomic E-state index is 13.8. The number of esters is 2. The number of hydrogen-bond donors (Lipinski definition) is 0. The van der Waals surface area contributed by atoms with Crippen molar-refractivity contribution in [1.29, 1.82) is 0 Å². The Morgan fingerprint density at radius 2 is 1.89 bits per heavy atom. The van der Waals surface area contributed by atoms with Gasteiger partial charge in [-0.05, 0) is 54.7 Å². The molecular weight excluding hydrogens is 504 g/mol. The second-order valence-corrected chi connectivity index (χ2v) is 10.1. The van der Waals surface area contributed by atoms with Crippen molar-refractivity contribution in [2.45, 2.75) is 39.7 Å². The Kier molecular flexibility index (Phi) is 8.26. The highest BCUT2D eigenvalue weighted by Gasteiger charge is 2.33. The van der Waals surface area contributed by atoms with Gasteiger partial charge in [0.25, 0.3) is 5.56 Å². The normalized spacial score (nSPS) is 15.2. The smallest absolute Gasteiger partial charge is 0.343 e. The van der Waals surface area contributed by atoms with Crippen molar-refractivity contribution < 1.29 is 23.8 Å². The van der Waals surface area contributed by atoms with Gasteiger partial charge in [-0.25, -0.2) is 14.6 Å². The molecule has 198 valence electrons. The molecule has 4 rings (SSSR count). The summed E-state index contributed by atoms with van der Waals surface area (Å²) in [5.74, 6) is -0.157. The topological polar surface area (TPSA) is 96.2 Å². The molecule has 0 N–H and O–H groups in total. The summed E-state index contributed by atoms with van der Waals surface area (Å²) in [6.07, 6.45) is 1.75. The van der Waals surface area contributed by atoms with Gasteiger partial charge in [-0.3, -0.25) is 9.36 Å². The molecule has 0 spiro atoms. The molecule has 1 unspecified atom stereocenters. The van der Waals surface area contributed by atoms with Crippen LogP contribution >= 0.6 is 11.3 Å². The van der Waals surface area contributed by atoms with Gasteiger partial charge in [0, 0.05) is 0 Å². The summed E-state index contributed by atoms with van der Waals surface area (Å²) in [6, 6.07) is 14.4. The second-order valence-electron chi connectivity index (χ2n) is 9.06. The zero-order valence-electron chi connectivity index (χ0n) is 22.0. The number of methoxy groups -OCH3 is 1. The number of rotatable bonds is 8. The van der Waals surface area contributed by atoms with E-state index in [0.29, 0.717) is 32.3 Å². The average molecular weight is 535 g/mol. The van der Waals surface area contributed by atoms with E-state index in [0.717, 1.165) is 16.7 Å². The van der Waals surface area contributed by atoms with Crippen molar-refractivity contribution in [2.75, 3.05) is 20.3 Å². The van der Waals surface area contributed by atoms with Crippen LogP contribution in [0.3, 0.4) is 0 Å². The van der Waals surface area contributed by atoms with Gasteiger partial charge >= 0.3 is 11.9 Å². The van der Waals surface area contributed by atoms with Crippen molar-refractivity contribution in [3.8, 4) is 5.75 Å². The minimum absolute atomic E-state index is 0.215. The third kappa shape index (κ3) is 5.62. The molecule has 2 heterocycles. The predicted molar refractivity (Wildman–Crippen MR) is 145 cm³/mol. The van der Waals surface area contributed by atoms with E-state index >= 15 is 0 Å². The van der Waals surface area contributed by atoms with Crippen molar-refractivity contribution in [2.24, 2.45) is 4.99 Å². The largest absolute Gasteiger partial charge is 0.482 e. The van der Waals surface area contributed by atoms with Gasteiger partial charge in [0.15, 0.2) is 11.4 Å². The van der Waals surface area contributed by atoms with Gasteiger partial charge in [-0.2, -0.15) is 0 Å². The summed E-state index contributed by atoms with van der Waals surface area (Å²) >= 11 is 1.25. The maximum Gasteiger partial charge on any atom is 0.343 e. The minimum Gasteiger partial charge on any atom is -0.482 e. The van der Waals surface area contributed by atoms with Gasteiger partial charge in [0.2, 0.25) is 0 Å². The van der Waals surface area contributed by atoms with Crippen molar-refractivity contribution in [3.05, 3.63) is 96.2 Å². The lowest BCUT2D eigenvalue weighted by atomic mass is 9.93. The van der Waals surface area contributed by atoms with E-state index in [-0.39, 0.29) is 18.8 Å². The van der Waals surface area contributed by atoms with Crippen LogP contribution in [0, 0.1) is 0 Å². The Hall–Kier alpha value is -3.98. The number of carbonyl (C=O) groups excluding carboxylic acids is 2. The first-order valence-electron chi connectivity index (χ1n) is 12.3.